The molecule has 4 heterocycles. The topological polar surface area (TPSA) is 99.4 Å². The molecule has 0 spiro atoms. The second-order valence-corrected chi connectivity index (χ2v) is 6.91. The van der Waals surface area contributed by atoms with Crippen LogP contribution >= 0.6 is 0 Å². The van der Waals surface area contributed by atoms with E-state index in [1.54, 1.807) is 12.1 Å². The average Bonchev–Trinajstić information content (AvgIpc) is 3.28. The van der Waals surface area contributed by atoms with E-state index in [0.29, 0.717) is 17.8 Å². The van der Waals surface area contributed by atoms with E-state index < -0.39 is 0 Å². The molecule has 2 aliphatic rings. The molecule has 9 nitrogen and oxygen atoms in total. The second kappa shape index (κ2) is 8.24. The molecule has 2 aliphatic heterocycles. The van der Waals surface area contributed by atoms with Crippen molar-refractivity contribution in [1.29, 1.82) is 0 Å². The summed E-state index contributed by atoms with van der Waals surface area (Å²) >= 11 is 0. The molecule has 0 atom stereocenters. The van der Waals surface area contributed by atoms with E-state index in [1.807, 2.05) is 0 Å². The molecule has 2 aromatic heterocycles. The van der Waals surface area contributed by atoms with Gasteiger partial charge in [-0.05, 0) is 50.7 Å². The number of rotatable bonds is 5. The number of amides is 1. The van der Waals surface area contributed by atoms with E-state index >= 15 is 0 Å². The number of hydrogen-bond acceptors (Lipinski definition) is 8. The number of hydrazine groups is 1. The van der Waals surface area contributed by atoms with Crippen LogP contribution in [0, 0.1) is 0 Å². The summed E-state index contributed by atoms with van der Waals surface area (Å²) in [5.74, 6) is 1.52. The van der Waals surface area contributed by atoms with Gasteiger partial charge in [-0.1, -0.05) is 0 Å². The van der Waals surface area contributed by atoms with E-state index in [0.717, 1.165) is 51.9 Å². The van der Waals surface area contributed by atoms with Crippen LogP contribution in [0.3, 0.4) is 0 Å². The molecule has 0 bridgehead atoms. The van der Waals surface area contributed by atoms with Crippen LogP contribution in [-0.4, -0.2) is 47.0 Å². The largest absolute Gasteiger partial charge is 0.459 e. The summed E-state index contributed by atoms with van der Waals surface area (Å²) in [5.41, 5.74) is 5.41. The highest BCUT2D eigenvalue weighted by molar-refractivity contribution is 5.91. The van der Waals surface area contributed by atoms with Crippen molar-refractivity contribution in [1.82, 2.24) is 20.4 Å². The molecule has 0 aliphatic carbocycles. The number of anilines is 3. The van der Waals surface area contributed by atoms with Gasteiger partial charge in [0.1, 0.15) is 0 Å². The predicted octanol–water partition coefficient (Wildman–Crippen LogP) is 2.20. The predicted molar refractivity (Wildman–Crippen MR) is 102 cm³/mol. The van der Waals surface area contributed by atoms with Crippen molar-refractivity contribution >= 4 is 23.8 Å². The van der Waals surface area contributed by atoms with Crippen LogP contribution in [0.25, 0.3) is 0 Å². The van der Waals surface area contributed by atoms with E-state index in [-0.39, 0.29) is 11.7 Å². The van der Waals surface area contributed by atoms with Gasteiger partial charge in [0.2, 0.25) is 17.8 Å². The molecule has 2 aromatic rings. The van der Waals surface area contributed by atoms with Crippen LogP contribution in [-0.2, 0) is 0 Å². The summed E-state index contributed by atoms with van der Waals surface area (Å²) in [6, 6.07) is 3.27. The van der Waals surface area contributed by atoms with Gasteiger partial charge in [0.05, 0.1) is 6.26 Å². The summed E-state index contributed by atoms with van der Waals surface area (Å²) < 4.78 is 5.10. The van der Waals surface area contributed by atoms with Crippen molar-refractivity contribution in [3.63, 3.8) is 0 Å². The number of furan rings is 1. The van der Waals surface area contributed by atoms with E-state index in [9.17, 15) is 4.79 Å². The number of carbonyl (C=O) groups is 1. The Morgan fingerprint density at radius 3 is 2.00 bits per heavy atom. The molecule has 9 heteroatoms. The van der Waals surface area contributed by atoms with Gasteiger partial charge in [-0.15, -0.1) is 0 Å². The molecule has 2 N–H and O–H groups in total. The normalized spacial score (nSPS) is 17.6. The number of carbonyl (C=O) groups excluding carboxylic acids is 1. The number of nitrogens with one attached hydrogen (secondary N) is 2. The van der Waals surface area contributed by atoms with E-state index in [4.69, 9.17) is 9.40 Å². The van der Waals surface area contributed by atoms with Crippen LogP contribution in [0.1, 0.15) is 49.1 Å². The minimum absolute atomic E-state index is 0.226. The molecule has 0 radical (unpaired) electrons. The summed E-state index contributed by atoms with van der Waals surface area (Å²) in [6.07, 6.45) is 8.51. The van der Waals surface area contributed by atoms with Gasteiger partial charge in [-0.3, -0.25) is 15.6 Å². The van der Waals surface area contributed by atoms with Crippen molar-refractivity contribution in [2.24, 2.45) is 0 Å². The molecule has 0 unspecified atom stereocenters. The lowest BCUT2D eigenvalue weighted by Crippen LogP contribution is -2.36. The van der Waals surface area contributed by atoms with Crippen molar-refractivity contribution in [2.45, 2.75) is 38.5 Å². The van der Waals surface area contributed by atoms with Gasteiger partial charge in [0.15, 0.2) is 5.76 Å². The fourth-order valence-corrected chi connectivity index (χ4v) is 3.46. The Morgan fingerprint density at radius 1 is 0.889 bits per heavy atom. The van der Waals surface area contributed by atoms with Crippen molar-refractivity contribution < 1.29 is 9.21 Å². The quantitative estimate of drug-likeness (QED) is 0.772. The number of hydrogen-bond donors (Lipinski definition) is 2. The maximum absolute atomic E-state index is 12.1. The first-order valence-electron chi connectivity index (χ1n) is 9.65. The third-order valence-electron chi connectivity index (χ3n) is 4.92. The summed E-state index contributed by atoms with van der Waals surface area (Å²) in [4.78, 5) is 30.2. The van der Waals surface area contributed by atoms with Gasteiger partial charge < -0.3 is 14.2 Å². The maximum atomic E-state index is 12.1. The van der Waals surface area contributed by atoms with E-state index in [1.165, 1.54) is 19.1 Å². The van der Waals surface area contributed by atoms with Crippen LogP contribution in [0.5, 0.6) is 0 Å². The Morgan fingerprint density at radius 2 is 1.48 bits per heavy atom. The van der Waals surface area contributed by atoms with Gasteiger partial charge in [0, 0.05) is 26.2 Å². The van der Waals surface area contributed by atoms with Crippen LogP contribution in [0.15, 0.2) is 22.8 Å². The summed E-state index contributed by atoms with van der Waals surface area (Å²) in [7, 11) is 0. The van der Waals surface area contributed by atoms with Gasteiger partial charge in [-0.25, -0.2) is 0 Å². The first-order valence-corrected chi connectivity index (χ1v) is 9.65. The molecule has 1 amide bonds. The Bertz CT molecular complexity index is 717. The molecule has 0 saturated carbocycles. The molecule has 4 rings (SSSR count). The molecular formula is C18H25N7O2. The van der Waals surface area contributed by atoms with Crippen molar-refractivity contribution in [3.05, 3.63) is 24.2 Å². The highest BCUT2D eigenvalue weighted by Gasteiger charge is 2.20. The minimum Gasteiger partial charge on any atom is -0.459 e. The lowest BCUT2D eigenvalue weighted by molar-refractivity contribution is 0.0935. The Balaban J connectivity index is 1.53. The molecule has 0 aromatic carbocycles. The molecular weight excluding hydrogens is 346 g/mol. The van der Waals surface area contributed by atoms with Crippen LogP contribution < -0.4 is 20.7 Å². The lowest BCUT2D eigenvalue weighted by Gasteiger charge is -2.30. The number of aromatic nitrogens is 3. The molecule has 2 fully saturated rings. The Kier molecular flexibility index (Phi) is 5.36. The first-order chi connectivity index (χ1) is 13.3. The standard InChI is InChI=1S/C18H25N7O2/c26-15(14-8-7-13-27-14)22-23-16-19-17(24-9-3-1-4-10-24)21-18(20-16)25-11-5-2-6-12-25/h7-8,13H,1-6,9-12H2,(H,22,26)(H,19,20,21,23). The summed E-state index contributed by atoms with van der Waals surface area (Å²) in [5, 5.41) is 0. The molecule has 144 valence electrons. The summed E-state index contributed by atoms with van der Waals surface area (Å²) in [6.45, 7) is 3.78. The number of nitrogens with zero attached hydrogens (tertiary/aromatic N) is 5. The SMILES string of the molecule is O=C(NNc1nc(N2CCCCC2)nc(N2CCCCC2)n1)c1ccco1. The zero-order valence-electron chi connectivity index (χ0n) is 15.4. The van der Waals surface area contributed by atoms with Crippen LogP contribution in [0.4, 0.5) is 17.8 Å². The highest BCUT2D eigenvalue weighted by Crippen LogP contribution is 2.22. The lowest BCUT2D eigenvalue weighted by atomic mass is 10.1. The third kappa shape index (κ3) is 4.29. The zero-order valence-corrected chi connectivity index (χ0v) is 15.4. The fourth-order valence-electron chi connectivity index (χ4n) is 3.46. The van der Waals surface area contributed by atoms with Gasteiger partial charge in [0.25, 0.3) is 0 Å². The molecule has 2 saturated heterocycles. The Hall–Kier alpha value is -2.84. The number of piperidine rings is 2. The fraction of sp³-hybridized carbons (Fsp3) is 0.556. The van der Waals surface area contributed by atoms with Gasteiger partial charge >= 0.3 is 5.91 Å². The third-order valence-corrected chi connectivity index (χ3v) is 4.92. The molecule has 27 heavy (non-hydrogen) atoms. The highest BCUT2D eigenvalue weighted by atomic mass is 16.3. The van der Waals surface area contributed by atoms with E-state index in [2.05, 4.69) is 30.6 Å². The van der Waals surface area contributed by atoms with Gasteiger partial charge in [-0.2, -0.15) is 15.0 Å². The van der Waals surface area contributed by atoms with Crippen molar-refractivity contribution in [2.75, 3.05) is 41.4 Å². The second-order valence-electron chi connectivity index (χ2n) is 6.91. The minimum atomic E-state index is -0.376. The maximum Gasteiger partial charge on any atom is 0.305 e. The van der Waals surface area contributed by atoms with Crippen molar-refractivity contribution in [3.8, 4) is 0 Å². The smallest absolute Gasteiger partial charge is 0.305 e. The first kappa shape index (κ1) is 17.6. The Labute approximate surface area is 158 Å². The zero-order chi connectivity index (χ0) is 18.5. The van der Waals surface area contributed by atoms with Crippen LogP contribution in [0.2, 0.25) is 0 Å². The monoisotopic (exact) mass is 371 g/mol. The average molecular weight is 371 g/mol.